The molecule has 0 aliphatic carbocycles. The number of benzene rings is 2. The maximum atomic E-state index is 12.0. The van der Waals surface area contributed by atoms with E-state index in [2.05, 4.69) is 21.2 Å². The standard InChI is InChI=1S/C18H18BrClN2O3/c19-15-7-6-14(20)8-13(15)9-16(18(21)24)22-17(23)11-25-10-12-4-2-1-3-5-12/h1-8,16H,9-11H2,(H2,21,24)(H,22,23)/t16-/m1/s1. The summed E-state index contributed by atoms with van der Waals surface area (Å²) in [5.74, 6) is -1.03. The van der Waals surface area contributed by atoms with Crippen molar-refractivity contribution >= 4 is 39.3 Å². The number of nitrogens with two attached hydrogens (primary N) is 1. The molecule has 2 rings (SSSR count). The second-order valence-corrected chi connectivity index (χ2v) is 6.73. The summed E-state index contributed by atoms with van der Waals surface area (Å²) >= 11 is 9.36. The van der Waals surface area contributed by atoms with Crippen molar-refractivity contribution in [3.8, 4) is 0 Å². The third-order valence-corrected chi connectivity index (χ3v) is 4.46. The fraction of sp³-hybridized carbons (Fsp3) is 0.222. The molecule has 0 aromatic heterocycles. The van der Waals surface area contributed by atoms with Gasteiger partial charge in [-0.2, -0.15) is 0 Å². The Hall–Kier alpha value is -1.89. The van der Waals surface area contributed by atoms with E-state index < -0.39 is 17.9 Å². The molecule has 2 amide bonds. The van der Waals surface area contributed by atoms with Gasteiger partial charge in [0.15, 0.2) is 0 Å². The molecule has 0 unspecified atom stereocenters. The smallest absolute Gasteiger partial charge is 0.246 e. The highest BCUT2D eigenvalue weighted by molar-refractivity contribution is 9.10. The molecule has 0 aliphatic rings. The van der Waals surface area contributed by atoms with Crippen LogP contribution in [0.3, 0.4) is 0 Å². The summed E-state index contributed by atoms with van der Waals surface area (Å²) in [6.45, 7) is 0.157. The largest absolute Gasteiger partial charge is 0.368 e. The monoisotopic (exact) mass is 424 g/mol. The molecule has 0 spiro atoms. The number of carbonyl (C=O) groups is 2. The number of hydrogen-bond donors (Lipinski definition) is 2. The number of ether oxygens (including phenoxy) is 1. The van der Waals surface area contributed by atoms with Gasteiger partial charge in [-0.3, -0.25) is 9.59 Å². The summed E-state index contributed by atoms with van der Waals surface area (Å²) in [6, 6.07) is 13.9. The van der Waals surface area contributed by atoms with Gasteiger partial charge in [-0.1, -0.05) is 57.9 Å². The number of carbonyl (C=O) groups excluding carboxylic acids is 2. The molecular weight excluding hydrogens is 408 g/mol. The van der Waals surface area contributed by atoms with Crippen molar-refractivity contribution in [2.45, 2.75) is 19.1 Å². The molecule has 0 aliphatic heterocycles. The van der Waals surface area contributed by atoms with E-state index in [0.29, 0.717) is 11.6 Å². The fourth-order valence-corrected chi connectivity index (χ4v) is 2.82. The van der Waals surface area contributed by atoms with Crippen LogP contribution in [0.4, 0.5) is 0 Å². The van der Waals surface area contributed by atoms with Crippen molar-refractivity contribution < 1.29 is 14.3 Å². The van der Waals surface area contributed by atoms with Crippen LogP contribution in [0.5, 0.6) is 0 Å². The molecule has 132 valence electrons. The van der Waals surface area contributed by atoms with Crippen LogP contribution < -0.4 is 11.1 Å². The zero-order valence-corrected chi connectivity index (χ0v) is 15.7. The van der Waals surface area contributed by atoms with Crippen molar-refractivity contribution in [1.29, 1.82) is 0 Å². The normalized spacial score (nSPS) is 11.8. The molecule has 7 heteroatoms. The van der Waals surface area contributed by atoms with E-state index in [-0.39, 0.29) is 13.0 Å². The van der Waals surface area contributed by atoms with Gasteiger partial charge in [-0.05, 0) is 29.3 Å². The molecule has 2 aromatic carbocycles. The van der Waals surface area contributed by atoms with Crippen LogP contribution >= 0.6 is 27.5 Å². The molecule has 0 bridgehead atoms. The zero-order valence-electron chi connectivity index (χ0n) is 13.4. The highest BCUT2D eigenvalue weighted by Gasteiger charge is 2.20. The molecule has 5 nitrogen and oxygen atoms in total. The molecule has 0 fully saturated rings. The van der Waals surface area contributed by atoms with Gasteiger partial charge < -0.3 is 15.8 Å². The maximum absolute atomic E-state index is 12.0. The number of halogens is 2. The Morgan fingerprint density at radius 2 is 1.92 bits per heavy atom. The van der Waals surface area contributed by atoms with Crippen LogP contribution in [0.15, 0.2) is 53.0 Å². The lowest BCUT2D eigenvalue weighted by molar-refractivity contribution is -0.130. The van der Waals surface area contributed by atoms with Crippen LogP contribution in [0, 0.1) is 0 Å². The van der Waals surface area contributed by atoms with Gasteiger partial charge in [0.25, 0.3) is 0 Å². The Labute approximate surface area is 159 Å². The van der Waals surface area contributed by atoms with E-state index in [0.717, 1.165) is 15.6 Å². The molecular formula is C18H18BrClN2O3. The van der Waals surface area contributed by atoms with E-state index >= 15 is 0 Å². The van der Waals surface area contributed by atoms with Gasteiger partial charge in [0, 0.05) is 15.9 Å². The molecule has 0 heterocycles. The van der Waals surface area contributed by atoms with Gasteiger partial charge in [-0.25, -0.2) is 0 Å². The Morgan fingerprint density at radius 1 is 1.20 bits per heavy atom. The number of rotatable bonds is 8. The number of hydrogen-bond acceptors (Lipinski definition) is 3. The van der Waals surface area contributed by atoms with Crippen molar-refractivity contribution in [3.05, 3.63) is 69.2 Å². The Morgan fingerprint density at radius 3 is 2.60 bits per heavy atom. The first-order valence-electron chi connectivity index (χ1n) is 7.60. The van der Waals surface area contributed by atoms with Crippen LogP contribution in [-0.4, -0.2) is 24.5 Å². The third-order valence-electron chi connectivity index (χ3n) is 3.46. The van der Waals surface area contributed by atoms with Crippen molar-refractivity contribution in [1.82, 2.24) is 5.32 Å². The summed E-state index contributed by atoms with van der Waals surface area (Å²) < 4.78 is 6.15. The lowest BCUT2D eigenvalue weighted by Crippen LogP contribution is -2.47. The topological polar surface area (TPSA) is 81.4 Å². The highest BCUT2D eigenvalue weighted by atomic mass is 79.9. The summed E-state index contributed by atoms with van der Waals surface area (Å²) in [7, 11) is 0. The minimum Gasteiger partial charge on any atom is -0.368 e. The Balaban J connectivity index is 1.88. The van der Waals surface area contributed by atoms with Gasteiger partial charge in [0.05, 0.1) is 6.61 Å². The van der Waals surface area contributed by atoms with E-state index in [1.54, 1.807) is 18.2 Å². The third kappa shape index (κ3) is 6.49. The highest BCUT2D eigenvalue weighted by Crippen LogP contribution is 2.22. The predicted octanol–water partition coefficient (Wildman–Crippen LogP) is 2.83. The second-order valence-electron chi connectivity index (χ2n) is 5.44. The van der Waals surface area contributed by atoms with Crippen LogP contribution in [0.1, 0.15) is 11.1 Å². The van der Waals surface area contributed by atoms with Crippen LogP contribution in [0.2, 0.25) is 5.02 Å². The lowest BCUT2D eigenvalue weighted by atomic mass is 10.1. The summed E-state index contributed by atoms with van der Waals surface area (Å²) in [5.41, 5.74) is 7.14. The number of nitrogens with one attached hydrogen (secondary N) is 1. The van der Waals surface area contributed by atoms with Crippen molar-refractivity contribution in [3.63, 3.8) is 0 Å². The molecule has 3 N–H and O–H groups in total. The average Bonchev–Trinajstić information content (AvgIpc) is 2.58. The summed E-state index contributed by atoms with van der Waals surface area (Å²) in [4.78, 5) is 23.7. The summed E-state index contributed by atoms with van der Waals surface area (Å²) in [6.07, 6.45) is 0.237. The minimum absolute atomic E-state index is 0.157. The van der Waals surface area contributed by atoms with Crippen molar-refractivity contribution in [2.24, 2.45) is 5.73 Å². The average molecular weight is 426 g/mol. The van der Waals surface area contributed by atoms with Crippen LogP contribution in [-0.2, 0) is 27.4 Å². The van der Waals surface area contributed by atoms with Gasteiger partial charge in [0.1, 0.15) is 12.6 Å². The van der Waals surface area contributed by atoms with Crippen molar-refractivity contribution in [2.75, 3.05) is 6.61 Å². The first-order valence-corrected chi connectivity index (χ1v) is 8.77. The number of amides is 2. The SMILES string of the molecule is NC(=O)[C@@H](Cc1cc(Cl)ccc1Br)NC(=O)COCc1ccccc1. The molecule has 0 saturated heterocycles. The van der Waals surface area contributed by atoms with Gasteiger partial charge in [-0.15, -0.1) is 0 Å². The first-order chi connectivity index (χ1) is 12.0. The maximum Gasteiger partial charge on any atom is 0.246 e. The molecule has 0 saturated carbocycles. The zero-order chi connectivity index (χ0) is 18.2. The van der Waals surface area contributed by atoms with E-state index in [9.17, 15) is 9.59 Å². The quantitative estimate of drug-likeness (QED) is 0.682. The lowest BCUT2D eigenvalue weighted by Gasteiger charge is -2.16. The minimum atomic E-state index is -0.845. The molecule has 0 radical (unpaired) electrons. The second kappa shape index (κ2) is 9.56. The number of primary amides is 1. The van der Waals surface area contributed by atoms with E-state index in [1.807, 2.05) is 30.3 Å². The fourth-order valence-electron chi connectivity index (χ4n) is 2.21. The van der Waals surface area contributed by atoms with Gasteiger partial charge >= 0.3 is 0 Å². The van der Waals surface area contributed by atoms with Crippen LogP contribution in [0.25, 0.3) is 0 Å². The molecule has 25 heavy (non-hydrogen) atoms. The van der Waals surface area contributed by atoms with E-state index in [1.165, 1.54) is 0 Å². The summed E-state index contributed by atoms with van der Waals surface area (Å²) in [5, 5.41) is 3.14. The molecule has 2 aromatic rings. The molecule has 1 atom stereocenters. The Bertz CT molecular complexity index is 740. The predicted molar refractivity (Wildman–Crippen MR) is 100 cm³/mol. The Kier molecular flexibility index (Phi) is 7.43. The van der Waals surface area contributed by atoms with Gasteiger partial charge in [0.2, 0.25) is 11.8 Å². The van der Waals surface area contributed by atoms with E-state index in [4.69, 9.17) is 22.1 Å². The first kappa shape index (κ1) is 19.4.